The minimum atomic E-state index is -0.887. The molecule has 1 aliphatic rings. The molecule has 2 aromatic rings. The molecule has 0 saturated carbocycles. The summed E-state index contributed by atoms with van der Waals surface area (Å²) in [4.78, 5) is 33.2. The molecule has 0 spiro atoms. The van der Waals surface area contributed by atoms with Crippen LogP contribution >= 0.6 is 0 Å². The molecule has 180 valence electrons. The number of carboxylic acid groups (broad SMARTS) is 1. The Bertz CT molecular complexity index is 1010. The zero-order valence-electron chi connectivity index (χ0n) is 19.7. The van der Waals surface area contributed by atoms with Crippen molar-refractivity contribution in [1.82, 2.24) is 15.3 Å². The Balaban J connectivity index is 1.67. The van der Waals surface area contributed by atoms with Crippen LogP contribution in [0.15, 0.2) is 65.2 Å². The molecule has 0 bridgehead atoms. The molecule has 0 saturated heterocycles. The Morgan fingerprint density at radius 3 is 2.88 bits per heavy atom. The van der Waals surface area contributed by atoms with Gasteiger partial charge in [-0.1, -0.05) is 50.1 Å². The van der Waals surface area contributed by atoms with Crippen LogP contribution in [0.2, 0.25) is 0 Å². The Hall–Kier alpha value is -3.48. The maximum absolute atomic E-state index is 12.7. The molecule has 1 aliphatic carbocycles. The van der Waals surface area contributed by atoms with E-state index in [4.69, 9.17) is 4.42 Å². The standard InChI is InChI=1S/C27H33N3O4/c1-2-3-7-15-29-25(31)21-12-13-22(24(18-21)26-30-16-17-34-26)23(27(32)33)11-6-4-5-9-20-10-8-14-28-19-20/h5,8-10,13-14,16-19,21,23H,2-4,6-7,11-12,15H2,1H3,(H,29,31)(H,32,33). The van der Waals surface area contributed by atoms with Crippen LogP contribution in [0.4, 0.5) is 0 Å². The average Bonchev–Trinajstić information content (AvgIpc) is 3.39. The highest BCUT2D eigenvalue weighted by atomic mass is 16.4. The van der Waals surface area contributed by atoms with E-state index in [1.54, 1.807) is 12.4 Å². The van der Waals surface area contributed by atoms with E-state index in [1.807, 2.05) is 36.4 Å². The van der Waals surface area contributed by atoms with Crippen molar-refractivity contribution in [3.05, 3.63) is 72.2 Å². The van der Waals surface area contributed by atoms with Gasteiger partial charge in [-0.05, 0) is 49.3 Å². The fourth-order valence-electron chi connectivity index (χ4n) is 4.06. The topological polar surface area (TPSA) is 105 Å². The molecule has 2 aromatic heterocycles. The SMILES string of the molecule is CCCCCNC(=O)C1C=C(c2ncco2)C(C(CCCC=Cc2cccnc2)C(=O)O)=CC1. The van der Waals surface area contributed by atoms with Crippen molar-refractivity contribution >= 4 is 23.5 Å². The number of aromatic nitrogens is 2. The average molecular weight is 464 g/mol. The van der Waals surface area contributed by atoms with Crippen LogP contribution in [0, 0.1) is 11.8 Å². The molecule has 7 nitrogen and oxygen atoms in total. The smallest absolute Gasteiger partial charge is 0.310 e. The molecular weight excluding hydrogens is 430 g/mol. The van der Waals surface area contributed by atoms with Crippen molar-refractivity contribution in [2.24, 2.45) is 11.8 Å². The maximum atomic E-state index is 12.7. The van der Waals surface area contributed by atoms with Gasteiger partial charge in [0.15, 0.2) is 0 Å². The van der Waals surface area contributed by atoms with Crippen LogP contribution in [0.1, 0.15) is 63.3 Å². The van der Waals surface area contributed by atoms with Gasteiger partial charge < -0.3 is 14.8 Å². The number of rotatable bonds is 13. The molecule has 0 aromatic carbocycles. The third-order valence-electron chi connectivity index (χ3n) is 5.88. The monoisotopic (exact) mass is 463 g/mol. The first-order chi connectivity index (χ1) is 16.6. The third-order valence-corrected chi connectivity index (χ3v) is 5.88. The number of aliphatic carboxylic acids is 1. The number of pyridine rings is 1. The van der Waals surface area contributed by atoms with Gasteiger partial charge in [-0.2, -0.15) is 0 Å². The fourth-order valence-corrected chi connectivity index (χ4v) is 4.06. The third kappa shape index (κ3) is 7.27. The van der Waals surface area contributed by atoms with Crippen molar-refractivity contribution in [3.8, 4) is 0 Å². The molecule has 0 radical (unpaired) electrons. The molecule has 2 heterocycles. The second-order valence-electron chi connectivity index (χ2n) is 8.43. The number of carboxylic acids is 1. The number of oxazole rings is 1. The van der Waals surface area contributed by atoms with E-state index in [-0.39, 0.29) is 11.8 Å². The summed E-state index contributed by atoms with van der Waals surface area (Å²) in [6.07, 6.45) is 19.7. The summed E-state index contributed by atoms with van der Waals surface area (Å²) in [6.45, 7) is 2.77. The predicted molar refractivity (Wildman–Crippen MR) is 131 cm³/mol. The molecule has 7 heteroatoms. The van der Waals surface area contributed by atoms with Crippen molar-refractivity contribution in [3.63, 3.8) is 0 Å². The van der Waals surface area contributed by atoms with Gasteiger partial charge in [0.1, 0.15) is 6.26 Å². The van der Waals surface area contributed by atoms with Crippen LogP contribution in [0.5, 0.6) is 0 Å². The van der Waals surface area contributed by atoms with Gasteiger partial charge in [0, 0.05) is 24.5 Å². The summed E-state index contributed by atoms with van der Waals surface area (Å²) in [5.74, 6) is -1.66. The first kappa shape index (κ1) is 25.1. The number of carbonyl (C=O) groups is 2. The molecule has 2 atom stereocenters. The van der Waals surface area contributed by atoms with E-state index in [1.165, 1.54) is 12.5 Å². The molecule has 34 heavy (non-hydrogen) atoms. The number of nitrogens with zero attached hydrogens (tertiary/aromatic N) is 2. The largest absolute Gasteiger partial charge is 0.481 e. The number of nitrogens with one attached hydrogen (secondary N) is 1. The van der Waals surface area contributed by atoms with E-state index in [0.717, 1.165) is 31.2 Å². The van der Waals surface area contributed by atoms with Gasteiger partial charge in [0.05, 0.1) is 18.0 Å². The quantitative estimate of drug-likeness (QED) is 0.391. The Kier molecular flexibility index (Phi) is 9.82. The zero-order valence-corrected chi connectivity index (χ0v) is 19.7. The van der Waals surface area contributed by atoms with E-state index < -0.39 is 11.9 Å². The van der Waals surface area contributed by atoms with E-state index in [9.17, 15) is 14.7 Å². The van der Waals surface area contributed by atoms with Gasteiger partial charge in [-0.3, -0.25) is 14.6 Å². The van der Waals surface area contributed by atoms with Gasteiger partial charge >= 0.3 is 5.97 Å². The summed E-state index contributed by atoms with van der Waals surface area (Å²) in [7, 11) is 0. The van der Waals surface area contributed by atoms with Gasteiger partial charge in [0.2, 0.25) is 11.8 Å². The first-order valence-corrected chi connectivity index (χ1v) is 12.0. The number of unbranched alkanes of at least 4 members (excludes halogenated alkanes) is 3. The van der Waals surface area contributed by atoms with Crippen molar-refractivity contribution in [2.75, 3.05) is 6.54 Å². The fraction of sp³-hybridized carbons (Fsp3) is 0.407. The lowest BCUT2D eigenvalue weighted by molar-refractivity contribution is -0.140. The van der Waals surface area contributed by atoms with Gasteiger partial charge in [-0.15, -0.1) is 0 Å². The highest BCUT2D eigenvalue weighted by Crippen LogP contribution is 2.37. The summed E-state index contributed by atoms with van der Waals surface area (Å²) in [6, 6.07) is 3.85. The molecule has 3 rings (SSSR count). The summed E-state index contributed by atoms with van der Waals surface area (Å²) < 4.78 is 5.50. The first-order valence-electron chi connectivity index (χ1n) is 12.0. The van der Waals surface area contributed by atoms with E-state index in [2.05, 4.69) is 22.2 Å². The lowest BCUT2D eigenvalue weighted by Gasteiger charge is -2.24. The minimum Gasteiger partial charge on any atom is -0.481 e. The van der Waals surface area contributed by atoms with Crippen molar-refractivity contribution < 1.29 is 19.1 Å². The Morgan fingerprint density at radius 1 is 1.29 bits per heavy atom. The van der Waals surface area contributed by atoms with Crippen molar-refractivity contribution in [1.29, 1.82) is 0 Å². The van der Waals surface area contributed by atoms with E-state index >= 15 is 0 Å². The summed E-state index contributed by atoms with van der Waals surface area (Å²) >= 11 is 0. The molecule has 2 unspecified atom stereocenters. The van der Waals surface area contributed by atoms with Crippen molar-refractivity contribution in [2.45, 2.75) is 51.9 Å². The maximum Gasteiger partial charge on any atom is 0.310 e. The molecular formula is C27H33N3O4. The van der Waals surface area contributed by atoms with Gasteiger partial charge in [-0.25, -0.2) is 4.98 Å². The minimum absolute atomic E-state index is 0.0529. The summed E-state index contributed by atoms with van der Waals surface area (Å²) in [5.41, 5.74) is 2.28. The highest BCUT2D eigenvalue weighted by molar-refractivity contribution is 5.90. The number of hydrogen-bond donors (Lipinski definition) is 2. The Labute approximate surface area is 200 Å². The highest BCUT2D eigenvalue weighted by Gasteiger charge is 2.31. The van der Waals surface area contributed by atoms with Crippen LogP contribution in [0.25, 0.3) is 11.6 Å². The number of hydrogen-bond acceptors (Lipinski definition) is 5. The van der Waals surface area contributed by atoms with Crippen LogP contribution in [-0.2, 0) is 9.59 Å². The molecule has 0 aliphatic heterocycles. The van der Waals surface area contributed by atoms with Crippen LogP contribution in [-0.4, -0.2) is 33.5 Å². The predicted octanol–water partition coefficient (Wildman–Crippen LogP) is 5.29. The lowest BCUT2D eigenvalue weighted by atomic mass is 9.81. The zero-order chi connectivity index (χ0) is 24.2. The second-order valence-corrected chi connectivity index (χ2v) is 8.43. The molecule has 2 N–H and O–H groups in total. The van der Waals surface area contributed by atoms with Crippen LogP contribution in [0.3, 0.4) is 0 Å². The number of carbonyl (C=O) groups excluding carboxylic acids is 1. The molecule has 1 amide bonds. The number of allylic oxidation sites excluding steroid dienone is 3. The van der Waals surface area contributed by atoms with Crippen LogP contribution < -0.4 is 5.32 Å². The number of amides is 1. The van der Waals surface area contributed by atoms with Gasteiger partial charge in [0.25, 0.3) is 0 Å². The second kappa shape index (κ2) is 13.3. The normalized spacial score (nSPS) is 16.7. The lowest BCUT2D eigenvalue weighted by Crippen LogP contribution is -2.32. The Morgan fingerprint density at radius 2 is 2.18 bits per heavy atom. The van der Waals surface area contributed by atoms with E-state index in [0.29, 0.717) is 42.8 Å². The summed E-state index contributed by atoms with van der Waals surface area (Å²) in [5, 5.41) is 13.0. The molecule has 0 fully saturated rings.